The van der Waals surface area contributed by atoms with Crippen molar-refractivity contribution in [3.63, 3.8) is 0 Å². The van der Waals surface area contributed by atoms with Crippen molar-refractivity contribution in [3.8, 4) is 0 Å². The molecule has 0 fully saturated rings. The van der Waals surface area contributed by atoms with Crippen LogP contribution in [0.25, 0.3) is 6.08 Å². The quantitative estimate of drug-likeness (QED) is 0.616. The van der Waals surface area contributed by atoms with Crippen LogP contribution >= 0.6 is 0 Å². The summed E-state index contributed by atoms with van der Waals surface area (Å²) in [6.07, 6.45) is 4.17. The van der Waals surface area contributed by atoms with Gasteiger partial charge in [0.15, 0.2) is 0 Å². The van der Waals surface area contributed by atoms with Crippen LogP contribution in [0.15, 0.2) is 59.3 Å². The Hall–Kier alpha value is -2.35. The normalized spacial score (nSPS) is 21.7. The average Bonchev–Trinajstić information content (AvgIpc) is 3.07. The Labute approximate surface area is 118 Å². The van der Waals surface area contributed by atoms with Crippen LogP contribution in [-0.4, -0.2) is 10.9 Å². The maximum Gasteiger partial charge on any atom is 0.0945 e. The average molecular weight is 261 g/mol. The lowest BCUT2D eigenvalue weighted by Gasteiger charge is -2.11. The Balaban J connectivity index is 1.73. The van der Waals surface area contributed by atoms with Crippen molar-refractivity contribution in [2.45, 2.75) is 12.8 Å². The van der Waals surface area contributed by atoms with Crippen LogP contribution in [0.1, 0.15) is 22.3 Å². The summed E-state index contributed by atoms with van der Waals surface area (Å²) in [6.45, 7) is 0. The Kier molecular flexibility index (Phi) is 2.49. The van der Waals surface area contributed by atoms with Gasteiger partial charge in [-0.05, 0) is 29.5 Å². The van der Waals surface area contributed by atoms with Gasteiger partial charge >= 0.3 is 0 Å². The van der Waals surface area contributed by atoms with Crippen LogP contribution in [0.2, 0.25) is 0 Å². The van der Waals surface area contributed by atoms with Gasteiger partial charge in [0, 0.05) is 11.5 Å². The fourth-order valence-electron chi connectivity index (χ4n) is 3.41. The third kappa shape index (κ3) is 1.61. The molecule has 0 bridgehead atoms. The van der Waals surface area contributed by atoms with Gasteiger partial charge in [-0.25, -0.2) is 0 Å². The largest absolute Gasteiger partial charge is 0.411 e. The van der Waals surface area contributed by atoms with Crippen molar-refractivity contribution in [1.82, 2.24) is 0 Å². The molecule has 0 heterocycles. The smallest absolute Gasteiger partial charge is 0.0945 e. The first-order valence-electron chi connectivity index (χ1n) is 6.95. The first-order chi connectivity index (χ1) is 9.86. The predicted octanol–water partition coefficient (Wildman–Crippen LogP) is 3.68. The van der Waals surface area contributed by atoms with Crippen molar-refractivity contribution in [1.29, 1.82) is 0 Å². The number of benzene rings is 2. The second-order valence-electron chi connectivity index (χ2n) is 5.49. The van der Waals surface area contributed by atoms with E-state index in [4.69, 9.17) is 0 Å². The number of hydrogen-bond donors (Lipinski definition) is 1. The lowest BCUT2D eigenvalue weighted by molar-refractivity contribution is 0.317. The molecule has 2 heteroatoms. The molecule has 1 unspecified atom stereocenters. The third-order valence-corrected chi connectivity index (χ3v) is 4.39. The van der Waals surface area contributed by atoms with Gasteiger partial charge in [-0.3, -0.25) is 0 Å². The summed E-state index contributed by atoms with van der Waals surface area (Å²) < 4.78 is 0. The Morgan fingerprint density at radius 2 is 1.70 bits per heavy atom. The van der Waals surface area contributed by atoms with Gasteiger partial charge in [-0.1, -0.05) is 65.3 Å². The van der Waals surface area contributed by atoms with Gasteiger partial charge in [-0.15, -0.1) is 0 Å². The van der Waals surface area contributed by atoms with Crippen LogP contribution in [0.5, 0.6) is 0 Å². The van der Waals surface area contributed by atoms with Crippen molar-refractivity contribution < 1.29 is 5.21 Å². The van der Waals surface area contributed by atoms with E-state index in [2.05, 4.69) is 41.6 Å². The van der Waals surface area contributed by atoms with Crippen molar-refractivity contribution in [3.05, 3.63) is 76.4 Å². The molecule has 0 aromatic heterocycles. The van der Waals surface area contributed by atoms with Gasteiger partial charge in [0.05, 0.1) is 5.71 Å². The van der Waals surface area contributed by atoms with Crippen LogP contribution in [0.4, 0.5) is 0 Å². The first-order valence-corrected chi connectivity index (χ1v) is 6.95. The highest BCUT2D eigenvalue weighted by Gasteiger charge is 2.33. The van der Waals surface area contributed by atoms with Crippen molar-refractivity contribution in [2.75, 3.05) is 0 Å². The van der Waals surface area contributed by atoms with E-state index in [9.17, 15) is 5.21 Å². The molecular weight excluding hydrogens is 246 g/mol. The van der Waals surface area contributed by atoms with E-state index in [0.29, 0.717) is 0 Å². The minimum absolute atomic E-state index is 0.213. The minimum atomic E-state index is 0.213. The summed E-state index contributed by atoms with van der Waals surface area (Å²) in [7, 11) is 0. The van der Waals surface area contributed by atoms with Gasteiger partial charge in [0.2, 0.25) is 0 Å². The van der Waals surface area contributed by atoms with E-state index < -0.39 is 0 Å². The Morgan fingerprint density at radius 3 is 2.50 bits per heavy atom. The van der Waals surface area contributed by atoms with Gasteiger partial charge in [0.1, 0.15) is 0 Å². The molecule has 20 heavy (non-hydrogen) atoms. The van der Waals surface area contributed by atoms with E-state index in [0.717, 1.165) is 24.1 Å². The molecule has 1 atom stereocenters. The van der Waals surface area contributed by atoms with E-state index in [-0.39, 0.29) is 5.92 Å². The van der Waals surface area contributed by atoms with Crippen LogP contribution in [0, 0.1) is 5.92 Å². The maximum absolute atomic E-state index is 9.42. The number of rotatable bonds is 1. The molecule has 4 rings (SSSR count). The lowest BCUT2D eigenvalue weighted by Crippen LogP contribution is -2.13. The molecule has 0 saturated carbocycles. The Bertz CT molecular complexity index is 743. The maximum atomic E-state index is 9.42. The molecule has 2 aliphatic carbocycles. The van der Waals surface area contributed by atoms with Crippen LogP contribution in [0.3, 0.4) is 0 Å². The number of fused-ring (bicyclic) bond motifs is 2. The van der Waals surface area contributed by atoms with E-state index in [1.807, 2.05) is 18.2 Å². The van der Waals surface area contributed by atoms with E-state index in [1.54, 1.807) is 0 Å². The van der Waals surface area contributed by atoms with Gasteiger partial charge in [0.25, 0.3) is 0 Å². The molecule has 0 spiro atoms. The molecule has 2 aromatic carbocycles. The monoisotopic (exact) mass is 261 g/mol. The van der Waals surface area contributed by atoms with Crippen LogP contribution in [-0.2, 0) is 12.8 Å². The number of nitrogens with zero attached hydrogens (tertiary/aromatic N) is 1. The molecular formula is C18H15NO. The zero-order valence-electron chi connectivity index (χ0n) is 11.1. The van der Waals surface area contributed by atoms with E-state index >= 15 is 0 Å². The molecule has 2 aliphatic rings. The molecule has 2 nitrogen and oxygen atoms in total. The fourth-order valence-corrected chi connectivity index (χ4v) is 3.41. The lowest BCUT2D eigenvalue weighted by atomic mass is 9.93. The summed E-state index contributed by atoms with van der Waals surface area (Å²) >= 11 is 0. The zero-order chi connectivity index (χ0) is 13.5. The highest BCUT2D eigenvalue weighted by molar-refractivity contribution is 6.08. The second kappa shape index (κ2) is 4.34. The molecule has 0 radical (unpaired) electrons. The summed E-state index contributed by atoms with van der Waals surface area (Å²) in [4.78, 5) is 0. The third-order valence-electron chi connectivity index (χ3n) is 4.39. The zero-order valence-corrected chi connectivity index (χ0v) is 11.1. The first kappa shape index (κ1) is 11.5. The molecule has 1 N–H and O–H groups in total. The predicted molar refractivity (Wildman–Crippen MR) is 80.1 cm³/mol. The number of allylic oxidation sites excluding steroid dienone is 1. The highest BCUT2D eigenvalue weighted by atomic mass is 16.4. The Morgan fingerprint density at radius 1 is 0.950 bits per heavy atom. The van der Waals surface area contributed by atoms with Gasteiger partial charge < -0.3 is 5.21 Å². The topological polar surface area (TPSA) is 32.6 Å². The van der Waals surface area contributed by atoms with Crippen LogP contribution < -0.4 is 0 Å². The molecule has 0 saturated heterocycles. The SMILES string of the molecule is ON=C1c2ccccc2CC1C1=Cc2ccccc2C1. The standard InChI is InChI=1S/C18H15NO/c20-19-18-16-8-4-3-7-14(16)11-17(18)15-9-12-5-1-2-6-13(12)10-15/h1-9,17,20H,10-11H2. The summed E-state index contributed by atoms with van der Waals surface area (Å²) in [5, 5.41) is 13.0. The molecule has 0 aliphatic heterocycles. The number of oxime groups is 1. The van der Waals surface area contributed by atoms with Crippen molar-refractivity contribution in [2.24, 2.45) is 11.1 Å². The highest BCUT2D eigenvalue weighted by Crippen LogP contribution is 2.37. The fraction of sp³-hybridized carbons (Fsp3) is 0.167. The van der Waals surface area contributed by atoms with E-state index in [1.165, 1.54) is 22.3 Å². The molecule has 98 valence electrons. The van der Waals surface area contributed by atoms with Gasteiger partial charge in [-0.2, -0.15) is 0 Å². The summed E-state index contributed by atoms with van der Waals surface area (Å²) in [6, 6.07) is 16.7. The van der Waals surface area contributed by atoms with Crippen molar-refractivity contribution >= 4 is 11.8 Å². The molecule has 0 amide bonds. The summed E-state index contributed by atoms with van der Waals surface area (Å²) in [5.41, 5.74) is 7.22. The second-order valence-corrected chi connectivity index (χ2v) is 5.49. The number of hydrogen-bond acceptors (Lipinski definition) is 2. The summed E-state index contributed by atoms with van der Waals surface area (Å²) in [5.74, 6) is 0.213. The molecule has 2 aromatic rings. The minimum Gasteiger partial charge on any atom is -0.411 e.